The topological polar surface area (TPSA) is 43.4 Å². The van der Waals surface area contributed by atoms with E-state index in [0.29, 0.717) is 6.61 Å². The Balaban J connectivity index is 2.70. The maximum absolute atomic E-state index is 5.35. The van der Waals surface area contributed by atoms with Gasteiger partial charge in [-0.1, -0.05) is 0 Å². The Bertz CT molecular complexity index is 384. The molecule has 0 bridgehead atoms. The van der Waals surface area contributed by atoms with Crippen molar-refractivity contribution in [3.63, 3.8) is 0 Å². The molecular formula is C15H26N2O2. The number of pyridine rings is 1. The van der Waals surface area contributed by atoms with E-state index < -0.39 is 0 Å². The molecule has 1 aromatic rings. The molecule has 19 heavy (non-hydrogen) atoms. The standard InChI is InChI=1S/C15H26N2O2/c1-10-7-11(2)17-13(4)15(10)12(3)16-8-14(19-6)9-18-5/h7,12,14,16H,8-9H2,1-6H3. The minimum Gasteiger partial charge on any atom is -0.382 e. The van der Waals surface area contributed by atoms with Gasteiger partial charge in [0.2, 0.25) is 0 Å². The minimum atomic E-state index is 0.0754. The van der Waals surface area contributed by atoms with E-state index in [2.05, 4.69) is 37.1 Å². The van der Waals surface area contributed by atoms with E-state index in [4.69, 9.17) is 9.47 Å². The van der Waals surface area contributed by atoms with Gasteiger partial charge in [-0.25, -0.2) is 0 Å². The molecule has 4 heteroatoms. The molecule has 0 aliphatic rings. The quantitative estimate of drug-likeness (QED) is 0.822. The zero-order valence-corrected chi connectivity index (χ0v) is 12.9. The molecule has 0 saturated carbocycles. The van der Waals surface area contributed by atoms with Crippen LogP contribution in [-0.2, 0) is 9.47 Å². The lowest BCUT2D eigenvalue weighted by Gasteiger charge is -2.22. The smallest absolute Gasteiger partial charge is 0.0928 e. The third-order valence-corrected chi connectivity index (χ3v) is 3.35. The predicted molar refractivity (Wildman–Crippen MR) is 77.5 cm³/mol. The van der Waals surface area contributed by atoms with Crippen LogP contribution >= 0.6 is 0 Å². The van der Waals surface area contributed by atoms with Crippen molar-refractivity contribution < 1.29 is 9.47 Å². The number of aryl methyl sites for hydroxylation is 3. The van der Waals surface area contributed by atoms with Gasteiger partial charge >= 0.3 is 0 Å². The Morgan fingerprint density at radius 1 is 1.26 bits per heavy atom. The van der Waals surface area contributed by atoms with E-state index in [1.54, 1.807) is 14.2 Å². The van der Waals surface area contributed by atoms with Gasteiger partial charge in [-0.3, -0.25) is 4.98 Å². The van der Waals surface area contributed by atoms with Gasteiger partial charge in [0.05, 0.1) is 12.7 Å². The van der Waals surface area contributed by atoms with Crippen molar-refractivity contribution in [2.24, 2.45) is 0 Å². The number of nitrogens with zero attached hydrogens (tertiary/aromatic N) is 1. The van der Waals surface area contributed by atoms with Gasteiger partial charge in [-0.15, -0.1) is 0 Å². The molecule has 4 nitrogen and oxygen atoms in total. The summed E-state index contributed by atoms with van der Waals surface area (Å²) in [7, 11) is 3.40. The lowest BCUT2D eigenvalue weighted by Crippen LogP contribution is -2.33. The van der Waals surface area contributed by atoms with Crippen molar-refractivity contribution >= 4 is 0 Å². The highest BCUT2D eigenvalue weighted by Gasteiger charge is 2.15. The second-order valence-electron chi connectivity index (χ2n) is 5.02. The average Bonchev–Trinajstić information content (AvgIpc) is 2.33. The molecule has 0 aliphatic carbocycles. The fraction of sp³-hybridized carbons (Fsp3) is 0.667. The Morgan fingerprint density at radius 2 is 1.95 bits per heavy atom. The first kappa shape index (κ1) is 16.1. The van der Waals surface area contributed by atoms with Gasteiger partial charge in [0.1, 0.15) is 0 Å². The molecule has 0 aliphatic heterocycles. The van der Waals surface area contributed by atoms with Gasteiger partial charge in [0, 0.05) is 38.2 Å². The average molecular weight is 266 g/mol. The molecule has 1 aromatic heterocycles. The second kappa shape index (κ2) is 7.58. The van der Waals surface area contributed by atoms with Gasteiger partial charge in [-0.2, -0.15) is 0 Å². The first-order valence-corrected chi connectivity index (χ1v) is 6.69. The Hall–Kier alpha value is -0.970. The lowest BCUT2D eigenvalue weighted by molar-refractivity contribution is 0.0276. The zero-order chi connectivity index (χ0) is 14.4. The van der Waals surface area contributed by atoms with E-state index in [1.165, 1.54) is 11.1 Å². The third-order valence-electron chi connectivity index (χ3n) is 3.35. The summed E-state index contributed by atoms with van der Waals surface area (Å²) in [5, 5.41) is 3.49. The van der Waals surface area contributed by atoms with Crippen LogP contribution in [0.4, 0.5) is 0 Å². The molecule has 1 heterocycles. The number of ether oxygens (including phenoxy) is 2. The van der Waals surface area contributed by atoms with Crippen LogP contribution in [-0.4, -0.2) is 38.5 Å². The third kappa shape index (κ3) is 4.56. The Labute approximate surface area is 116 Å². The summed E-state index contributed by atoms with van der Waals surface area (Å²) < 4.78 is 10.5. The summed E-state index contributed by atoms with van der Waals surface area (Å²) >= 11 is 0. The first-order valence-electron chi connectivity index (χ1n) is 6.69. The fourth-order valence-corrected chi connectivity index (χ4v) is 2.49. The van der Waals surface area contributed by atoms with E-state index in [9.17, 15) is 0 Å². The van der Waals surface area contributed by atoms with Crippen molar-refractivity contribution in [3.8, 4) is 0 Å². The number of methoxy groups -OCH3 is 2. The van der Waals surface area contributed by atoms with Gasteiger partial charge in [0.25, 0.3) is 0 Å². The number of hydrogen-bond acceptors (Lipinski definition) is 4. The maximum atomic E-state index is 5.35. The van der Waals surface area contributed by atoms with Crippen LogP contribution in [0.2, 0.25) is 0 Å². The van der Waals surface area contributed by atoms with Crippen molar-refractivity contribution in [3.05, 3.63) is 28.6 Å². The molecule has 2 atom stereocenters. The van der Waals surface area contributed by atoms with Crippen LogP contribution in [0.15, 0.2) is 6.07 Å². The van der Waals surface area contributed by atoms with E-state index in [-0.39, 0.29) is 12.1 Å². The normalized spacial score (nSPS) is 14.4. The summed E-state index contributed by atoms with van der Waals surface area (Å²) in [6, 6.07) is 2.38. The SMILES string of the molecule is COCC(CNC(C)c1c(C)cc(C)nc1C)OC. The summed E-state index contributed by atoms with van der Waals surface area (Å²) in [5.41, 5.74) is 4.72. The molecule has 1 N–H and O–H groups in total. The number of aromatic nitrogens is 1. The minimum absolute atomic E-state index is 0.0754. The molecule has 108 valence electrons. The van der Waals surface area contributed by atoms with Crippen LogP contribution in [0.1, 0.15) is 35.5 Å². The first-order chi connectivity index (χ1) is 8.99. The lowest BCUT2D eigenvalue weighted by atomic mass is 10.0. The van der Waals surface area contributed by atoms with E-state index >= 15 is 0 Å². The van der Waals surface area contributed by atoms with E-state index in [0.717, 1.165) is 17.9 Å². The van der Waals surface area contributed by atoms with Crippen LogP contribution < -0.4 is 5.32 Å². The predicted octanol–water partition coefficient (Wildman–Crippen LogP) is 2.32. The van der Waals surface area contributed by atoms with E-state index in [1.807, 2.05) is 6.92 Å². The summed E-state index contributed by atoms with van der Waals surface area (Å²) in [6.45, 7) is 9.75. The van der Waals surface area contributed by atoms with Gasteiger partial charge in [-0.05, 0) is 44.9 Å². The largest absolute Gasteiger partial charge is 0.382 e. The van der Waals surface area contributed by atoms with Crippen molar-refractivity contribution in [2.75, 3.05) is 27.4 Å². The molecular weight excluding hydrogens is 240 g/mol. The van der Waals surface area contributed by atoms with Crippen LogP contribution in [0.25, 0.3) is 0 Å². The Morgan fingerprint density at radius 3 is 2.47 bits per heavy atom. The molecule has 0 spiro atoms. The van der Waals surface area contributed by atoms with Gasteiger partial charge in [0.15, 0.2) is 0 Å². The van der Waals surface area contributed by atoms with Crippen molar-refractivity contribution in [2.45, 2.75) is 39.8 Å². The van der Waals surface area contributed by atoms with Crippen LogP contribution in [0, 0.1) is 20.8 Å². The molecule has 0 radical (unpaired) electrons. The molecule has 0 amide bonds. The second-order valence-corrected chi connectivity index (χ2v) is 5.02. The number of hydrogen-bond donors (Lipinski definition) is 1. The van der Waals surface area contributed by atoms with Crippen LogP contribution in [0.5, 0.6) is 0 Å². The summed E-state index contributed by atoms with van der Waals surface area (Å²) in [4.78, 5) is 4.54. The number of nitrogens with one attached hydrogen (secondary N) is 1. The molecule has 0 fully saturated rings. The maximum Gasteiger partial charge on any atom is 0.0928 e. The highest BCUT2D eigenvalue weighted by Crippen LogP contribution is 2.21. The molecule has 0 saturated heterocycles. The van der Waals surface area contributed by atoms with Crippen LogP contribution in [0.3, 0.4) is 0 Å². The molecule has 0 aromatic carbocycles. The number of rotatable bonds is 7. The zero-order valence-electron chi connectivity index (χ0n) is 12.9. The monoisotopic (exact) mass is 266 g/mol. The van der Waals surface area contributed by atoms with Gasteiger partial charge < -0.3 is 14.8 Å². The summed E-state index contributed by atoms with van der Waals surface area (Å²) in [5.74, 6) is 0. The van der Waals surface area contributed by atoms with Crippen molar-refractivity contribution in [1.29, 1.82) is 0 Å². The molecule has 1 rings (SSSR count). The highest BCUT2D eigenvalue weighted by atomic mass is 16.5. The summed E-state index contributed by atoms with van der Waals surface area (Å²) in [6.07, 6.45) is 0.0754. The fourth-order valence-electron chi connectivity index (χ4n) is 2.49. The van der Waals surface area contributed by atoms with Crippen molar-refractivity contribution in [1.82, 2.24) is 10.3 Å². The Kier molecular flexibility index (Phi) is 6.42. The molecule has 2 unspecified atom stereocenters. The highest BCUT2D eigenvalue weighted by molar-refractivity contribution is 5.33.